The van der Waals surface area contributed by atoms with Crippen molar-refractivity contribution in [3.05, 3.63) is 57.9 Å². The van der Waals surface area contributed by atoms with E-state index >= 15 is 0 Å². The fourth-order valence-electron chi connectivity index (χ4n) is 8.72. The van der Waals surface area contributed by atoms with E-state index in [0.29, 0.717) is 31.7 Å². The number of hydrogen-bond donors (Lipinski definition) is 5. The molecule has 2 saturated carbocycles. The van der Waals surface area contributed by atoms with Crippen molar-refractivity contribution in [3.8, 4) is 11.5 Å². The van der Waals surface area contributed by atoms with Crippen LogP contribution in [-0.4, -0.2) is 94.9 Å². The average Bonchev–Trinajstić information content (AvgIpc) is 3.68. The number of fused-ring (bicyclic) bond motifs is 1. The molecule has 3 aromatic rings. The van der Waals surface area contributed by atoms with Gasteiger partial charge in [-0.15, -0.1) is 4.85 Å². The minimum absolute atomic E-state index is 0.0628. The molecule has 2 aromatic carbocycles. The fourth-order valence-corrected chi connectivity index (χ4v) is 8.72. The summed E-state index contributed by atoms with van der Waals surface area (Å²) in [5, 5.41) is 53.4. The Morgan fingerprint density at radius 2 is 1.84 bits per heavy atom. The number of aliphatic hydroxyl groups is 2. The Kier molecular flexibility index (Phi) is 5.76. The summed E-state index contributed by atoms with van der Waals surface area (Å²) in [6.07, 6.45) is -1.48. The molecular formula is C31H33N3O10. The number of phenols is 1. The van der Waals surface area contributed by atoms with E-state index in [0.717, 1.165) is 22.5 Å². The molecule has 1 aromatic heterocycles. The normalized spacial score (nSPS) is 31.6. The number of para-hydroxylation sites is 1. The van der Waals surface area contributed by atoms with Gasteiger partial charge in [0.15, 0.2) is 11.5 Å². The summed E-state index contributed by atoms with van der Waals surface area (Å²) in [7, 11) is 0. The smallest absolute Gasteiger partial charge is 0.351 e. The number of carboxylic acids is 2. The Hall–Kier alpha value is -4.07. The van der Waals surface area contributed by atoms with E-state index < -0.39 is 52.9 Å². The Labute approximate surface area is 250 Å². The number of likely N-dealkylation sites (tertiary alicyclic amines) is 1. The highest BCUT2D eigenvalue weighted by atomic mass is 16.7. The van der Waals surface area contributed by atoms with Crippen molar-refractivity contribution in [1.82, 2.24) is 14.4 Å². The van der Waals surface area contributed by atoms with E-state index in [1.807, 2.05) is 6.07 Å². The van der Waals surface area contributed by atoms with Gasteiger partial charge in [-0.25, -0.2) is 14.3 Å². The van der Waals surface area contributed by atoms with Gasteiger partial charge in [0, 0.05) is 18.2 Å². The molecule has 4 unspecified atom stereocenters. The van der Waals surface area contributed by atoms with Gasteiger partial charge in [0.2, 0.25) is 6.10 Å². The van der Waals surface area contributed by atoms with Gasteiger partial charge in [0.1, 0.15) is 11.6 Å². The van der Waals surface area contributed by atoms with Gasteiger partial charge in [-0.2, -0.15) is 0 Å². The summed E-state index contributed by atoms with van der Waals surface area (Å²) in [6, 6.07) is 8.85. The van der Waals surface area contributed by atoms with Gasteiger partial charge < -0.3 is 35.1 Å². The number of aliphatic hydroxyl groups excluding tert-OH is 1. The van der Waals surface area contributed by atoms with Crippen LogP contribution in [0.5, 0.6) is 11.5 Å². The quantitative estimate of drug-likeness (QED) is 0.242. The summed E-state index contributed by atoms with van der Waals surface area (Å²) >= 11 is 0. The number of phenolic OH excluding ortho intramolecular Hbond substituents is 1. The minimum Gasteiger partial charge on any atom is -0.504 e. The lowest BCUT2D eigenvalue weighted by Gasteiger charge is -2.64. The molecule has 8 rings (SSSR count). The van der Waals surface area contributed by atoms with Gasteiger partial charge in [-0.3, -0.25) is 9.69 Å². The maximum absolute atomic E-state index is 14.1. The van der Waals surface area contributed by atoms with Gasteiger partial charge in [0.25, 0.3) is 11.7 Å². The van der Waals surface area contributed by atoms with E-state index in [1.54, 1.807) is 24.3 Å². The maximum atomic E-state index is 14.1. The van der Waals surface area contributed by atoms with Crippen LogP contribution in [0.4, 0.5) is 0 Å². The number of carbonyl (C=O) groups is 2. The van der Waals surface area contributed by atoms with Crippen LogP contribution in [0.2, 0.25) is 0 Å². The van der Waals surface area contributed by atoms with E-state index in [2.05, 4.69) is 4.90 Å². The molecule has 2 bridgehead atoms. The molecule has 1 spiro atoms. The third-order valence-corrected chi connectivity index (χ3v) is 10.8. The molecule has 44 heavy (non-hydrogen) atoms. The Morgan fingerprint density at radius 1 is 1.07 bits per heavy atom. The zero-order valence-corrected chi connectivity index (χ0v) is 23.7. The highest BCUT2D eigenvalue weighted by molar-refractivity contribution is 5.84. The Morgan fingerprint density at radius 3 is 2.57 bits per heavy atom. The van der Waals surface area contributed by atoms with Crippen LogP contribution in [0.1, 0.15) is 49.3 Å². The Balaban J connectivity index is 1.30. The van der Waals surface area contributed by atoms with Gasteiger partial charge in [-0.05, 0) is 74.8 Å². The molecule has 0 amide bonds. The summed E-state index contributed by atoms with van der Waals surface area (Å²) in [5.41, 5.74) is -0.800. The number of aliphatic carboxylic acids is 2. The molecule has 3 heterocycles. The first-order chi connectivity index (χ1) is 21.1. The highest BCUT2D eigenvalue weighted by Gasteiger charge is 2.73. The lowest BCUT2D eigenvalue weighted by atomic mass is 9.48. The number of ether oxygens (including phenoxy) is 1. The summed E-state index contributed by atoms with van der Waals surface area (Å²) in [4.78, 5) is 46.8. The van der Waals surface area contributed by atoms with E-state index in [4.69, 9.17) is 9.57 Å². The second-order valence-corrected chi connectivity index (χ2v) is 13.0. The zero-order chi connectivity index (χ0) is 30.7. The van der Waals surface area contributed by atoms with Crippen molar-refractivity contribution < 1.29 is 44.7 Å². The largest absolute Gasteiger partial charge is 0.504 e. The molecular weight excluding hydrogens is 574 g/mol. The molecule has 7 atom stereocenters. The lowest BCUT2D eigenvalue weighted by Crippen LogP contribution is -2.76. The summed E-state index contributed by atoms with van der Waals surface area (Å²) in [5.74, 6) is -2.69. The number of nitrogens with zero attached hydrogens (tertiary/aromatic N) is 3. The maximum Gasteiger partial charge on any atom is 0.351 e. The first-order valence-electron chi connectivity index (χ1n) is 15.1. The van der Waals surface area contributed by atoms with Crippen LogP contribution < -0.4 is 15.1 Å². The summed E-state index contributed by atoms with van der Waals surface area (Å²) < 4.78 is 7.83. The summed E-state index contributed by atoms with van der Waals surface area (Å²) in [6.45, 7) is 1.60. The minimum atomic E-state index is -2.42. The molecule has 232 valence electrons. The number of piperidine rings is 1. The third kappa shape index (κ3) is 3.48. The predicted octanol–water partition coefficient (Wildman–Crippen LogP) is 0.641. The molecule has 3 aliphatic carbocycles. The second-order valence-electron chi connectivity index (χ2n) is 13.0. The molecule has 5 N–H and O–H groups in total. The molecule has 0 radical (unpaired) electrons. The first kappa shape index (κ1) is 27.5. The van der Waals surface area contributed by atoms with E-state index in [1.165, 1.54) is 23.6 Å². The van der Waals surface area contributed by atoms with Crippen LogP contribution in [0.25, 0.3) is 10.9 Å². The standard InChI is InChI=1S/C31H33N3O10/c35-20-8-7-16-13-21-31(42)10-9-19(26-30(31,22(16)24(20)43-26)11-12-32(21)14-15-5-6-15)33-27(37)17-3-1-2-4-18(17)34(33)44-25(29(40)41)23(36)28(38)39/h1-4,7-8,15,19,21,23,25-26,35-36,42H,5-6,9-14H2,(H,38,39)(H,40,41)/t19?,21-,23?,25?,26?,30+,31-/m1/s1. The van der Waals surface area contributed by atoms with Crippen LogP contribution in [-0.2, 0) is 21.4 Å². The van der Waals surface area contributed by atoms with Crippen molar-refractivity contribution in [2.45, 2.75) is 79.9 Å². The highest BCUT2D eigenvalue weighted by Crippen LogP contribution is 2.67. The first-order valence-corrected chi connectivity index (χ1v) is 15.1. The van der Waals surface area contributed by atoms with Crippen molar-refractivity contribution in [2.24, 2.45) is 5.92 Å². The number of benzene rings is 2. The van der Waals surface area contributed by atoms with Crippen molar-refractivity contribution >= 4 is 22.8 Å². The van der Waals surface area contributed by atoms with Gasteiger partial charge in [0.05, 0.1) is 22.4 Å². The number of carboxylic acid groups (broad SMARTS) is 2. The van der Waals surface area contributed by atoms with Gasteiger partial charge >= 0.3 is 11.9 Å². The second kappa shape index (κ2) is 9.22. The van der Waals surface area contributed by atoms with Crippen LogP contribution in [0.15, 0.2) is 41.2 Å². The SMILES string of the molecule is O=C(O)C(O)C(On1c2ccccc2c(=O)n1C1CC[C@@]2(O)[C@H]3Cc4ccc(O)c5c4[C@@]2(CCN3CC2CC2)C1O5)C(=O)O. The van der Waals surface area contributed by atoms with Crippen molar-refractivity contribution in [1.29, 1.82) is 0 Å². The van der Waals surface area contributed by atoms with Crippen molar-refractivity contribution in [2.75, 3.05) is 13.1 Å². The lowest BCUT2D eigenvalue weighted by molar-refractivity contribution is -0.201. The molecule has 5 aliphatic rings. The molecule has 3 fully saturated rings. The van der Waals surface area contributed by atoms with Gasteiger partial charge in [-0.1, -0.05) is 18.2 Å². The van der Waals surface area contributed by atoms with Crippen LogP contribution >= 0.6 is 0 Å². The fraction of sp³-hybridized carbons (Fsp3) is 0.516. The number of aromatic hydroxyl groups is 1. The molecule has 1 saturated heterocycles. The third-order valence-electron chi connectivity index (χ3n) is 10.8. The van der Waals surface area contributed by atoms with Crippen LogP contribution in [0, 0.1) is 5.92 Å². The van der Waals surface area contributed by atoms with Crippen LogP contribution in [0.3, 0.4) is 0 Å². The molecule has 13 heteroatoms. The molecule has 13 nitrogen and oxygen atoms in total. The monoisotopic (exact) mass is 607 g/mol. The predicted molar refractivity (Wildman–Crippen MR) is 152 cm³/mol. The number of aromatic nitrogens is 2. The topological polar surface area (TPSA) is 184 Å². The van der Waals surface area contributed by atoms with E-state index in [-0.39, 0.29) is 34.9 Å². The zero-order valence-electron chi connectivity index (χ0n) is 23.7. The Bertz CT molecular complexity index is 1780. The van der Waals surface area contributed by atoms with E-state index in [9.17, 15) is 39.9 Å². The number of rotatable bonds is 8. The molecule has 2 aliphatic heterocycles. The van der Waals surface area contributed by atoms with Crippen molar-refractivity contribution in [3.63, 3.8) is 0 Å². The number of hydrogen-bond acceptors (Lipinski definition) is 9. The average molecular weight is 608 g/mol.